The molecule has 3 aromatic rings. The molecule has 0 saturated heterocycles. The van der Waals surface area contributed by atoms with Crippen LogP contribution in [0.1, 0.15) is 40.3 Å². The van der Waals surface area contributed by atoms with Crippen LogP contribution in [0.3, 0.4) is 0 Å². The van der Waals surface area contributed by atoms with Crippen molar-refractivity contribution in [3.05, 3.63) is 57.4 Å². The summed E-state index contributed by atoms with van der Waals surface area (Å²) in [5.41, 5.74) is 0.345. The molecule has 1 aliphatic heterocycles. The fraction of sp³-hybridized carbons (Fsp3) is 0.278. The SMILES string of the molecule is Cc1cc(NC(=O)c2cc3n(n2)[C@H](C(F)(F)F)C[C@H](c2ccc(Cl)c(Cl)c2)N3)no1. The molecule has 158 valence electrons. The number of benzene rings is 1. The number of hydrogen-bond acceptors (Lipinski definition) is 5. The highest BCUT2D eigenvalue weighted by Gasteiger charge is 2.46. The molecule has 0 saturated carbocycles. The molecule has 1 amide bonds. The lowest BCUT2D eigenvalue weighted by molar-refractivity contribution is -0.173. The van der Waals surface area contributed by atoms with Gasteiger partial charge in [0.05, 0.1) is 16.1 Å². The Hall–Kier alpha value is -2.72. The van der Waals surface area contributed by atoms with Gasteiger partial charge in [-0.05, 0) is 24.6 Å². The lowest BCUT2D eigenvalue weighted by atomic mass is 9.97. The molecular weight excluding hydrogens is 446 g/mol. The summed E-state index contributed by atoms with van der Waals surface area (Å²) < 4.78 is 46.9. The Morgan fingerprint density at radius 3 is 2.67 bits per heavy atom. The molecular formula is C18H14Cl2F3N5O2. The van der Waals surface area contributed by atoms with Crippen LogP contribution in [0.4, 0.5) is 24.8 Å². The minimum absolute atomic E-state index is 0.0566. The average molecular weight is 460 g/mol. The first-order valence-electron chi connectivity index (χ1n) is 8.74. The summed E-state index contributed by atoms with van der Waals surface area (Å²) in [6.07, 6.45) is -4.91. The van der Waals surface area contributed by atoms with Crippen molar-refractivity contribution in [1.29, 1.82) is 0 Å². The third-order valence-corrected chi connectivity index (χ3v) is 5.38. The van der Waals surface area contributed by atoms with E-state index in [1.54, 1.807) is 13.0 Å². The van der Waals surface area contributed by atoms with Crippen LogP contribution >= 0.6 is 23.2 Å². The van der Waals surface area contributed by atoms with Crippen molar-refractivity contribution in [1.82, 2.24) is 14.9 Å². The normalized spacial score (nSPS) is 18.6. The number of aromatic nitrogens is 3. The fourth-order valence-electron chi connectivity index (χ4n) is 3.24. The largest absolute Gasteiger partial charge is 0.410 e. The first-order valence-corrected chi connectivity index (χ1v) is 9.50. The van der Waals surface area contributed by atoms with Crippen molar-refractivity contribution in [2.75, 3.05) is 10.6 Å². The van der Waals surface area contributed by atoms with Crippen molar-refractivity contribution in [3.8, 4) is 0 Å². The van der Waals surface area contributed by atoms with E-state index in [1.165, 1.54) is 24.3 Å². The number of rotatable bonds is 3. The number of carbonyl (C=O) groups excluding carboxylic acids is 1. The van der Waals surface area contributed by atoms with Gasteiger partial charge in [0.1, 0.15) is 11.6 Å². The Bertz CT molecular complexity index is 1110. The first-order chi connectivity index (χ1) is 14.1. The maximum Gasteiger partial charge on any atom is 0.410 e. The van der Waals surface area contributed by atoms with Gasteiger partial charge in [0, 0.05) is 18.6 Å². The monoisotopic (exact) mass is 459 g/mol. The molecule has 30 heavy (non-hydrogen) atoms. The molecule has 2 atom stereocenters. The molecule has 0 spiro atoms. The van der Waals surface area contributed by atoms with E-state index in [2.05, 4.69) is 20.9 Å². The summed E-state index contributed by atoms with van der Waals surface area (Å²) in [7, 11) is 0. The van der Waals surface area contributed by atoms with Crippen LogP contribution in [0, 0.1) is 6.92 Å². The summed E-state index contributed by atoms with van der Waals surface area (Å²) >= 11 is 11.9. The topological polar surface area (TPSA) is 85.0 Å². The molecule has 0 aliphatic carbocycles. The zero-order valence-corrected chi connectivity index (χ0v) is 16.8. The van der Waals surface area contributed by atoms with Crippen molar-refractivity contribution in [3.63, 3.8) is 0 Å². The molecule has 2 aromatic heterocycles. The second-order valence-corrected chi connectivity index (χ2v) is 7.61. The van der Waals surface area contributed by atoms with Crippen LogP contribution in [0.2, 0.25) is 10.0 Å². The van der Waals surface area contributed by atoms with E-state index in [-0.39, 0.29) is 28.8 Å². The fourth-order valence-corrected chi connectivity index (χ4v) is 3.54. The molecule has 1 aromatic carbocycles. The lowest BCUT2D eigenvalue weighted by Crippen LogP contribution is -2.35. The van der Waals surface area contributed by atoms with Crippen LogP contribution < -0.4 is 10.6 Å². The van der Waals surface area contributed by atoms with Gasteiger partial charge in [0.15, 0.2) is 17.6 Å². The second-order valence-electron chi connectivity index (χ2n) is 6.80. The van der Waals surface area contributed by atoms with Gasteiger partial charge in [-0.15, -0.1) is 0 Å². The van der Waals surface area contributed by atoms with E-state index in [1.807, 2.05) is 0 Å². The molecule has 4 rings (SSSR count). The summed E-state index contributed by atoms with van der Waals surface area (Å²) in [6.45, 7) is 1.64. The van der Waals surface area contributed by atoms with Crippen molar-refractivity contribution in [2.45, 2.75) is 31.6 Å². The number of nitrogens with zero attached hydrogens (tertiary/aromatic N) is 3. The zero-order valence-electron chi connectivity index (χ0n) is 15.3. The number of fused-ring (bicyclic) bond motifs is 1. The summed E-state index contributed by atoms with van der Waals surface area (Å²) in [6, 6.07) is 4.74. The van der Waals surface area contributed by atoms with Gasteiger partial charge in [0.25, 0.3) is 5.91 Å². The first kappa shape index (κ1) is 20.5. The predicted molar refractivity (Wildman–Crippen MR) is 104 cm³/mol. The summed E-state index contributed by atoms with van der Waals surface area (Å²) in [5, 5.41) is 13.5. The number of amides is 1. The van der Waals surface area contributed by atoms with Crippen molar-refractivity contribution >= 4 is 40.7 Å². The number of aryl methyl sites for hydroxylation is 1. The van der Waals surface area contributed by atoms with E-state index in [0.717, 1.165) is 4.68 Å². The van der Waals surface area contributed by atoms with E-state index in [4.69, 9.17) is 27.7 Å². The van der Waals surface area contributed by atoms with Gasteiger partial charge in [-0.3, -0.25) is 4.79 Å². The number of anilines is 2. The van der Waals surface area contributed by atoms with E-state index in [9.17, 15) is 18.0 Å². The van der Waals surface area contributed by atoms with Crippen molar-refractivity contribution < 1.29 is 22.5 Å². The van der Waals surface area contributed by atoms with Crippen LogP contribution in [0.25, 0.3) is 0 Å². The van der Waals surface area contributed by atoms with E-state index >= 15 is 0 Å². The third kappa shape index (κ3) is 3.97. The highest BCUT2D eigenvalue weighted by molar-refractivity contribution is 6.42. The number of nitrogens with one attached hydrogen (secondary N) is 2. The summed E-state index contributed by atoms with van der Waals surface area (Å²) in [5.74, 6) is -0.0460. The van der Waals surface area contributed by atoms with E-state index in [0.29, 0.717) is 16.3 Å². The molecule has 0 unspecified atom stereocenters. The molecule has 12 heteroatoms. The number of carbonyl (C=O) groups is 1. The van der Waals surface area contributed by atoms with Crippen LogP contribution in [0.5, 0.6) is 0 Å². The molecule has 3 heterocycles. The van der Waals surface area contributed by atoms with Gasteiger partial charge >= 0.3 is 6.18 Å². The minimum Gasteiger partial charge on any atom is -0.363 e. The number of hydrogen-bond donors (Lipinski definition) is 2. The molecule has 0 bridgehead atoms. The van der Waals surface area contributed by atoms with Gasteiger partial charge in [-0.25, -0.2) is 4.68 Å². The van der Waals surface area contributed by atoms with Gasteiger partial charge in [0.2, 0.25) is 0 Å². The Kier molecular flexibility index (Phi) is 5.15. The van der Waals surface area contributed by atoms with E-state index < -0.39 is 24.2 Å². The Morgan fingerprint density at radius 2 is 2.03 bits per heavy atom. The average Bonchev–Trinajstić information content (AvgIpc) is 3.28. The standard InChI is InChI=1S/C18H14Cl2F3N5O2/c1-8-4-15(27-30-8)25-17(29)13-7-16-24-12(9-2-3-10(19)11(20)5-9)6-14(18(21,22)23)28(16)26-13/h2-5,7,12,14,24H,6H2,1H3,(H,25,27,29)/t12-,14+/m1/s1. The highest BCUT2D eigenvalue weighted by atomic mass is 35.5. The second kappa shape index (κ2) is 7.51. The smallest absolute Gasteiger partial charge is 0.363 e. The Labute approximate surface area is 178 Å². The van der Waals surface area contributed by atoms with Crippen LogP contribution in [-0.2, 0) is 0 Å². The zero-order chi connectivity index (χ0) is 21.6. The van der Waals surface area contributed by atoms with Gasteiger partial charge in [-0.2, -0.15) is 18.3 Å². The lowest BCUT2D eigenvalue weighted by Gasteiger charge is -2.33. The van der Waals surface area contributed by atoms with Gasteiger partial charge in [-0.1, -0.05) is 34.4 Å². The molecule has 0 radical (unpaired) electrons. The van der Waals surface area contributed by atoms with Crippen LogP contribution in [0.15, 0.2) is 34.9 Å². The maximum absolute atomic E-state index is 13.8. The number of halogens is 5. The predicted octanol–water partition coefficient (Wildman–Crippen LogP) is 5.40. The van der Waals surface area contributed by atoms with Crippen molar-refractivity contribution in [2.24, 2.45) is 0 Å². The van der Waals surface area contributed by atoms with Crippen LogP contribution in [-0.4, -0.2) is 27.0 Å². The maximum atomic E-state index is 13.8. The molecule has 0 fully saturated rings. The van der Waals surface area contributed by atoms with Gasteiger partial charge < -0.3 is 15.2 Å². The Morgan fingerprint density at radius 1 is 1.27 bits per heavy atom. The quantitative estimate of drug-likeness (QED) is 0.547. The highest BCUT2D eigenvalue weighted by Crippen LogP contribution is 2.44. The Balaban J connectivity index is 1.66. The third-order valence-electron chi connectivity index (χ3n) is 4.64. The number of alkyl halides is 3. The molecule has 1 aliphatic rings. The molecule has 2 N–H and O–H groups in total. The molecule has 7 nitrogen and oxygen atoms in total. The minimum atomic E-state index is -4.58. The summed E-state index contributed by atoms with van der Waals surface area (Å²) in [4.78, 5) is 12.4.